The molecule has 0 aromatic carbocycles. The number of amides is 1. The van der Waals surface area contributed by atoms with Gasteiger partial charge in [0.15, 0.2) is 0 Å². The van der Waals surface area contributed by atoms with Crippen molar-refractivity contribution < 1.29 is 23.9 Å². The van der Waals surface area contributed by atoms with Crippen molar-refractivity contribution in [1.29, 1.82) is 0 Å². The van der Waals surface area contributed by atoms with Gasteiger partial charge in [-0.1, -0.05) is 0 Å². The fourth-order valence-corrected chi connectivity index (χ4v) is 1.35. The van der Waals surface area contributed by atoms with E-state index in [9.17, 15) is 14.4 Å². The molecule has 114 valence electrons. The van der Waals surface area contributed by atoms with Crippen LogP contribution in [0.2, 0.25) is 0 Å². The molecule has 0 unspecified atom stereocenters. The number of hydrogen-bond donors (Lipinski definition) is 1. The van der Waals surface area contributed by atoms with E-state index in [1.165, 1.54) is 0 Å². The topological polar surface area (TPSA) is 81.7 Å². The van der Waals surface area contributed by atoms with Gasteiger partial charge in [-0.15, -0.1) is 0 Å². The lowest BCUT2D eigenvalue weighted by atomic mass is 10.1. The number of rotatable bonds is 6. The minimum Gasteiger partial charge on any atom is -0.464 e. The summed E-state index contributed by atoms with van der Waals surface area (Å²) in [5.74, 6) is 1.21. The van der Waals surface area contributed by atoms with Gasteiger partial charge >= 0.3 is 12.1 Å². The molecule has 0 spiro atoms. The Morgan fingerprint density at radius 3 is 2.35 bits per heavy atom. The molecule has 0 aromatic rings. The second kappa shape index (κ2) is 8.38. The van der Waals surface area contributed by atoms with Crippen LogP contribution in [0.25, 0.3) is 0 Å². The Kier molecular flexibility index (Phi) is 7.62. The maximum Gasteiger partial charge on any atom is 0.408 e. The van der Waals surface area contributed by atoms with Crippen LogP contribution in [0.15, 0.2) is 5.57 Å². The number of nitrogens with one attached hydrogen (secondary N) is 1. The summed E-state index contributed by atoms with van der Waals surface area (Å²) in [6.07, 6.45) is -0.0784. The van der Waals surface area contributed by atoms with Gasteiger partial charge in [0.25, 0.3) is 0 Å². The zero-order valence-electron chi connectivity index (χ0n) is 12.7. The van der Waals surface area contributed by atoms with Crippen molar-refractivity contribution in [2.75, 3.05) is 6.61 Å². The third kappa shape index (κ3) is 8.32. The first-order chi connectivity index (χ1) is 9.19. The SMILES string of the molecule is CCOC(=O)[C@@H](CCC(C)=C=O)NC(=O)OC(C)(C)C. The Bertz CT molecular complexity index is 391. The maximum absolute atomic E-state index is 11.7. The van der Waals surface area contributed by atoms with Gasteiger partial charge in [-0.2, -0.15) is 0 Å². The van der Waals surface area contributed by atoms with Crippen molar-refractivity contribution >= 4 is 18.0 Å². The second-order valence-corrected chi connectivity index (χ2v) is 5.37. The number of allylic oxidation sites excluding steroid dienone is 1. The summed E-state index contributed by atoms with van der Waals surface area (Å²) in [7, 11) is 0. The average molecular weight is 285 g/mol. The van der Waals surface area contributed by atoms with Crippen LogP contribution in [0.5, 0.6) is 0 Å². The molecule has 1 amide bonds. The number of esters is 1. The second-order valence-electron chi connectivity index (χ2n) is 5.37. The van der Waals surface area contributed by atoms with Crippen molar-refractivity contribution in [1.82, 2.24) is 5.32 Å². The van der Waals surface area contributed by atoms with Gasteiger partial charge in [-0.3, -0.25) is 0 Å². The quantitative estimate of drug-likeness (QED) is 0.596. The molecule has 20 heavy (non-hydrogen) atoms. The summed E-state index contributed by atoms with van der Waals surface area (Å²) in [4.78, 5) is 33.8. The van der Waals surface area contributed by atoms with Crippen LogP contribution in [0.4, 0.5) is 4.79 Å². The summed E-state index contributed by atoms with van der Waals surface area (Å²) in [5, 5.41) is 2.46. The fraction of sp³-hybridized carbons (Fsp3) is 0.714. The molecule has 0 aliphatic heterocycles. The molecule has 1 N–H and O–H groups in total. The number of carbonyl (C=O) groups is 2. The highest BCUT2D eigenvalue weighted by molar-refractivity contribution is 5.81. The molecule has 6 heteroatoms. The standard InChI is InChI=1S/C14H23NO5/c1-6-19-12(17)11(8-7-10(2)9-16)15-13(18)20-14(3,4)5/h11H,6-8H2,1-5H3,(H,15,18)/t11-/m1/s1. The lowest BCUT2D eigenvalue weighted by Crippen LogP contribution is -2.44. The maximum atomic E-state index is 11.7. The molecule has 0 saturated carbocycles. The van der Waals surface area contributed by atoms with Crippen LogP contribution < -0.4 is 5.32 Å². The zero-order valence-corrected chi connectivity index (χ0v) is 12.7. The van der Waals surface area contributed by atoms with Crippen LogP contribution >= 0.6 is 0 Å². The molecule has 0 heterocycles. The minimum atomic E-state index is -0.840. The zero-order chi connectivity index (χ0) is 15.8. The predicted octanol–water partition coefficient (Wildman–Crippen LogP) is 2.00. The third-order valence-corrected chi connectivity index (χ3v) is 2.24. The van der Waals surface area contributed by atoms with Crippen molar-refractivity contribution in [3.63, 3.8) is 0 Å². The van der Waals surface area contributed by atoms with Gasteiger partial charge < -0.3 is 14.8 Å². The van der Waals surface area contributed by atoms with Gasteiger partial charge in [0, 0.05) is 5.57 Å². The van der Waals surface area contributed by atoms with Gasteiger partial charge in [0.1, 0.15) is 17.6 Å². The predicted molar refractivity (Wildman–Crippen MR) is 73.9 cm³/mol. The van der Waals surface area contributed by atoms with Crippen molar-refractivity contribution in [3.8, 4) is 0 Å². The van der Waals surface area contributed by atoms with Gasteiger partial charge in [0.05, 0.1) is 6.61 Å². The molecule has 0 radical (unpaired) electrons. The number of hydrogen-bond acceptors (Lipinski definition) is 5. The molecule has 0 rings (SSSR count). The molecule has 6 nitrogen and oxygen atoms in total. The molecule has 0 saturated heterocycles. The normalized spacial score (nSPS) is 12.1. The van der Waals surface area contributed by atoms with Gasteiger partial charge in [-0.25, -0.2) is 14.4 Å². The Labute approximate surface area is 119 Å². The van der Waals surface area contributed by atoms with E-state index in [0.29, 0.717) is 12.0 Å². The molecular formula is C14H23NO5. The molecule has 0 fully saturated rings. The Balaban J connectivity index is 4.64. The van der Waals surface area contributed by atoms with Crippen molar-refractivity contribution in [2.24, 2.45) is 0 Å². The lowest BCUT2D eigenvalue weighted by Gasteiger charge is -2.22. The average Bonchev–Trinajstić information content (AvgIpc) is 2.31. The van der Waals surface area contributed by atoms with E-state index in [2.05, 4.69) is 5.32 Å². The Morgan fingerprint density at radius 1 is 1.30 bits per heavy atom. The lowest BCUT2D eigenvalue weighted by molar-refractivity contribution is -0.145. The van der Waals surface area contributed by atoms with Gasteiger partial charge in [-0.05, 0) is 47.5 Å². The van der Waals surface area contributed by atoms with Gasteiger partial charge in [0.2, 0.25) is 0 Å². The smallest absolute Gasteiger partial charge is 0.408 e. The van der Waals surface area contributed by atoms with E-state index in [1.54, 1.807) is 40.6 Å². The van der Waals surface area contributed by atoms with Crippen LogP contribution in [-0.2, 0) is 19.1 Å². The van der Waals surface area contributed by atoms with E-state index in [-0.39, 0.29) is 13.0 Å². The highest BCUT2D eigenvalue weighted by Gasteiger charge is 2.25. The van der Waals surface area contributed by atoms with Crippen molar-refractivity contribution in [3.05, 3.63) is 5.57 Å². The summed E-state index contributed by atoms with van der Waals surface area (Å²) in [6.45, 7) is 8.69. The first kappa shape index (κ1) is 18.2. The third-order valence-electron chi connectivity index (χ3n) is 2.24. The number of alkyl carbamates (subject to hydrolysis) is 1. The van der Waals surface area contributed by atoms with Crippen LogP contribution in [-0.4, -0.2) is 36.3 Å². The van der Waals surface area contributed by atoms with Crippen LogP contribution in [0.3, 0.4) is 0 Å². The van der Waals surface area contributed by atoms with E-state index >= 15 is 0 Å². The first-order valence-corrected chi connectivity index (χ1v) is 6.56. The van der Waals surface area contributed by atoms with Crippen molar-refractivity contribution in [2.45, 2.75) is 59.1 Å². The highest BCUT2D eigenvalue weighted by Crippen LogP contribution is 2.10. The largest absolute Gasteiger partial charge is 0.464 e. The Hall–Kier alpha value is -1.81. The fourth-order valence-electron chi connectivity index (χ4n) is 1.35. The van der Waals surface area contributed by atoms with E-state index in [4.69, 9.17) is 9.47 Å². The van der Waals surface area contributed by atoms with Crippen LogP contribution in [0.1, 0.15) is 47.5 Å². The summed E-state index contributed by atoms with van der Waals surface area (Å²) in [5.41, 5.74) is -0.174. The van der Waals surface area contributed by atoms with E-state index < -0.39 is 23.7 Å². The van der Waals surface area contributed by atoms with Crippen LogP contribution in [0, 0.1) is 0 Å². The number of ether oxygens (including phenoxy) is 2. The van der Waals surface area contributed by atoms with E-state index in [1.807, 2.05) is 0 Å². The molecule has 0 aliphatic rings. The number of carbonyl (C=O) groups excluding carboxylic acids is 3. The summed E-state index contributed by atoms with van der Waals surface area (Å²) < 4.78 is 9.97. The molecule has 1 atom stereocenters. The molecular weight excluding hydrogens is 262 g/mol. The van der Waals surface area contributed by atoms with E-state index in [0.717, 1.165) is 0 Å². The summed E-state index contributed by atoms with van der Waals surface area (Å²) in [6, 6.07) is -0.840. The molecule has 0 bridgehead atoms. The first-order valence-electron chi connectivity index (χ1n) is 6.56. The molecule has 0 aromatic heterocycles. The highest BCUT2D eigenvalue weighted by atomic mass is 16.6. The minimum absolute atomic E-state index is 0.216. The molecule has 0 aliphatic carbocycles. The Morgan fingerprint density at radius 2 is 1.90 bits per heavy atom. The monoisotopic (exact) mass is 285 g/mol. The summed E-state index contributed by atoms with van der Waals surface area (Å²) >= 11 is 0.